The van der Waals surface area contributed by atoms with Gasteiger partial charge in [0.2, 0.25) is 0 Å². The molecular formula is C24H28N8. The van der Waals surface area contributed by atoms with E-state index in [-0.39, 0.29) is 0 Å². The number of nitrogens with two attached hydrogens (primary N) is 8. The van der Waals surface area contributed by atoms with Crippen LogP contribution in [0.3, 0.4) is 0 Å². The van der Waals surface area contributed by atoms with E-state index in [1.54, 1.807) is 48.5 Å². The first kappa shape index (κ1) is 22.0. The van der Waals surface area contributed by atoms with Crippen molar-refractivity contribution < 1.29 is 0 Å². The molecule has 16 N–H and O–H groups in total. The summed E-state index contributed by atoms with van der Waals surface area (Å²) in [6, 6.07) is 21.4. The predicted molar refractivity (Wildman–Crippen MR) is 139 cm³/mol. The molecule has 0 saturated heterocycles. The first-order chi connectivity index (χ1) is 15.2. The minimum atomic E-state index is 0.608. The molecule has 0 radical (unpaired) electrons. The number of anilines is 8. The molecule has 4 aromatic rings. The van der Waals surface area contributed by atoms with Crippen molar-refractivity contribution in [3.05, 3.63) is 72.8 Å². The van der Waals surface area contributed by atoms with E-state index in [4.69, 9.17) is 45.9 Å². The van der Waals surface area contributed by atoms with Gasteiger partial charge in [-0.2, -0.15) is 0 Å². The van der Waals surface area contributed by atoms with Crippen LogP contribution in [0, 0.1) is 0 Å². The second-order valence-corrected chi connectivity index (χ2v) is 7.39. The van der Waals surface area contributed by atoms with E-state index in [2.05, 4.69) is 0 Å². The third-order valence-electron chi connectivity index (χ3n) is 4.88. The van der Waals surface area contributed by atoms with E-state index >= 15 is 0 Å². The fourth-order valence-electron chi connectivity index (χ4n) is 3.31. The molecule has 0 fully saturated rings. The molecule has 4 rings (SSSR count). The Hall–Kier alpha value is -4.72. The lowest BCUT2D eigenvalue weighted by atomic mass is 10.0. The zero-order valence-electron chi connectivity index (χ0n) is 17.5. The molecule has 164 valence electrons. The van der Waals surface area contributed by atoms with E-state index in [0.29, 0.717) is 45.5 Å². The summed E-state index contributed by atoms with van der Waals surface area (Å²) in [4.78, 5) is 0. The average molecular weight is 429 g/mol. The van der Waals surface area contributed by atoms with E-state index in [1.165, 1.54) is 0 Å². The number of benzene rings is 4. The van der Waals surface area contributed by atoms with Gasteiger partial charge in [0.1, 0.15) is 0 Å². The van der Waals surface area contributed by atoms with Crippen LogP contribution in [-0.4, -0.2) is 0 Å². The standard InChI is InChI=1S/2C12H14N4/c2*13-7-1-3-9(11(15)5-7)10-4-2-8(14)6-12(10)16/h2*1-6H,13-16H2. The Morgan fingerprint density at radius 2 is 0.469 bits per heavy atom. The number of hydrogen-bond acceptors (Lipinski definition) is 8. The van der Waals surface area contributed by atoms with Gasteiger partial charge in [-0.3, -0.25) is 0 Å². The summed E-state index contributed by atoms with van der Waals surface area (Å²) in [7, 11) is 0. The Labute approximate surface area is 186 Å². The molecule has 8 nitrogen and oxygen atoms in total. The summed E-state index contributed by atoms with van der Waals surface area (Å²) in [6.07, 6.45) is 0. The highest BCUT2D eigenvalue weighted by atomic mass is 14.6. The van der Waals surface area contributed by atoms with Crippen LogP contribution in [0.25, 0.3) is 22.3 Å². The molecular weight excluding hydrogens is 400 g/mol. The normalized spacial score (nSPS) is 10.2. The maximum absolute atomic E-state index is 5.89. The quantitative estimate of drug-likeness (QED) is 0.221. The molecule has 4 aromatic carbocycles. The van der Waals surface area contributed by atoms with Crippen molar-refractivity contribution in [3.8, 4) is 22.3 Å². The largest absolute Gasteiger partial charge is 0.399 e. The minimum absolute atomic E-state index is 0.608. The van der Waals surface area contributed by atoms with Crippen LogP contribution in [0.2, 0.25) is 0 Å². The van der Waals surface area contributed by atoms with Gasteiger partial charge in [-0.25, -0.2) is 0 Å². The van der Waals surface area contributed by atoms with E-state index in [0.717, 1.165) is 22.3 Å². The highest BCUT2D eigenvalue weighted by Gasteiger charge is 2.07. The number of nitrogen functional groups attached to an aromatic ring is 8. The molecule has 0 spiro atoms. The third-order valence-corrected chi connectivity index (χ3v) is 4.88. The summed E-state index contributed by atoms with van der Waals surface area (Å²) in [5.74, 6) is 0. The van der Waals surface area contributed by atoms with Crippen LogP contribution >= 0.6 is 0 Å². The fourth-order valence-corrected chi connectivity index (χ4v) is 3.31. The zero-order chi connectivity index (χ0) is 23.4. The molecule has 8 heteroatoms. The molecule has 0 aliphatic heterocycles. The summed E-state index contributed by atoms with van der Waals surface area (Å²) in [5.41, 5.74) is 54.6. The molecule has 0 bridgehead atoms. The van der Waals surface area contributed by atoms with Crippen LogP contribution in [0.1, 0.15) is 0 Å². The van der Waals surface area contributed by atoms with Crippen molar-refractivity contribution in [2.24, 2.45) is 0 Å². The maximum Gasteiger partial charge on any atom is 0.0415 e. The van der Waals surface area contributed by atoms with Gasteiger partial charge < -0.3 is 45.9 Å². The van der Waals surface area contributed by atoms with Gasteiger partial charge in [-0.15, -0.1) is 0 Å². The van der Waals surface area contributed by atoms with Crippen LogP contribution < -0.4 is 45.9 Å². The fraction of sp³-hybridized carbons (Fsp3) is 0. The Bertz CT molecular complexity index is 1070. The van der Waals surface area contributed by atoms with Crippen molar-refractivity contribution in [2.45, 2.75) is 0 Å². The van der Waals surface area contributed by atoms with Gasteiger partial charge in [-0.1, -0.05) is 24.3 Å². The molecule has 0 aliphatic carbocycles. The van der Waals surface area contributed by atoms with Crippen LogP contribution in [0.15, 0.2) is 72.8 Å². The van der Waals surface area contributed by atoms with Crippen molar-refractivity contribution in [2.75, 3.05) is 45.9 Å². The second kappa shape index (κ2) is 8.97. The van der Waals surface area contributed by atoms with Gasteiger partial charge in [0.15, 0.2) is 0 Å². The predicted octanol–water partition coefficient (Wildman–Crippen LogP) is 3.36. The van der Waals surface area contributed by atoms with Crippen LogP contribution in [0.5, 0.6) is 0 Å². The Morgan fingerprint density at radius 3 is 0.625 bits per heavy atom. The topological polar surface area (TPSA) is 208 Å². The minimum Gasteiger partial charge on any atom is -0.399 e. The lowest BCUT2D eigenvalue weighted by Crippen LogP contribution is -1.97. The Balaban J connectivity index is 0.000000181. The molecule has 0 atom stereocenters. The summed E-state index contributed by atoms with van der Waals surface area (Å²) in [5, 5.41) is 0. The molecule has 0 aliphatic rings. The molecule has 0 unspecified atom stereocenters. The second-order valence-electron chi connectivity index (χ2n) is 7.39. The van der Waals surface area contributed by atoms with E-state index < -0.39 is 0 Å². The molecule has 0 aromatic heterocycles. The van der Waals surface area contributed by atoms with E-state index in [9.17, 15) is 0 Å². The average Bonchev–Trinajstić information content (AvgIpc) is 2.70. The molecule has 32 heavy (non-hydrogen) atoms. The monoisotopic (exact) mass is 428 g/mol. The van der Waals surface area contributed by atoms with Crippen molar-refractivity contribution in [1.29, 1.82) is 0 Å². The first-order valence-electron chi connectivity index (χ1n) is 9.76. The van der Waals surface area contributed by atoms with Crippen molar-refractivity contribution in [3.63, 3.8) is 0 Å². The molecule has 0 heterocycles. The summed E-state index contributed by atoms with van der Waals surface area (Å²) < 4.78 is 0. The van der Waals surface area contributed by atoms with Gasteiger partial charge in [-0.05, 0) is 48.5 Å². The maximum atomic E-state index is 5.89. The van der Waals surface area contributed by atoms with E-state index in [1.807, 2.05) is 24.3 Å². The summed E-state index contributed by atoms with van der Waals surface area (Å²) in [6.45, 7) is 0. The van der Waals surface area contributed by atoms with Crippen LogP contribution in [0.4, 0.5) is 45.5 Å². The highest BCUT2D eigenvalue weighted by molar-refractivity contribution is 5.87. The molecule has 0 amide bonds. The number of hydrogen-bond donors (Lipinski definition) is 8. The van der Waals surface area contributed by atoms with Gasteiger partial charge in [0.25, 0.3) is 0 Å². The van der Waals surface area contributed by atoms with Gasteiger partial charge >= 0.3 is 0 Å². The Kier molecular flexibility index (Phi) is 6.16. The smallest absolute Gasteiger partial charge is 0.0415 e. The first-order valence-corrected chi connectivity index (χ1v) is 9.76. The third kappa shape index (κ3) is 4.88. The van der Waals surface area contributed by atoms with Crippen LogP contribution in [-0.2, 0) is 0 Å². The SMILES string of the molecule is Nc1ccc(-c2ccc(N)cc2N)c(N)c1.Nc1ccc(-c2ccc(N)cc2N)c(N)c1. The lowest BCUT2D eigenvalue weighted by Gasteiger charge is -2.10. The Morgan fingerprint density at radius 1 is 0.281 bits per heavy atom. The van der Waals surface area contributed by atoms with Crippen molar-refractivity contribution in [1.82, 2.24) is 0 Å². The zero-order valence-corrected chi connectivity index (χ0v) is 17.5. The number of rotatable bonds is 2. The van der Waals surface area contributed by atoms with Crippen molar-refractivity contribution >= 4 is 45.5 Å². The summed E-state index contributed by atoms with van der Waals surface area (Å²) >= 11 is 0. The molecule has 0 saturated carbocycles. The van der Waals surface area contributed by atoms with Gasteiger partial charge in [0.05, 0.1) is 0 Å². The van der Waals surface area contributed by atoms with Gasteiger partial charge in [0, 0.05) is 67.8 Å². The highest BCUT2D eigenvalue weighted by Crippen LogP contribution is 2.33. The lowest BCUT2D eigenvalue weighted by molar-refractivity contribution is 1.59.